The number of hydrogen-bond acceptors (Lipinski definition) is 6. The van der Waals surface area contributed by atoms with Gasteiger partial charge >= 0.3 is 0 Å². The molecule has 1 aliphatic carbocycles. The van der Waals surface area contributed by atoms with Crippen LogP contribution in [-0.4, -0.2) is 45.8 Å². The number of rotatable bonds is 5. The first kappa shape index (κ1) is 19.2. The number of carbonyl (C=O) groups is 1. The highest BCUT2D eigenvalue weighted by molar-refractivity contribution is 7.15. The molecule has 146 valence electrons. The van der Waals surface area contributed by atoms with E-state index in [0.29, 0.717) is 18.2 Å². The van der Waals surface area contributed by atoms with E-state index in [-0.39, 0.29) is 5.92 Å². The number of pyridine rings is 2. The van der Waals surface area contributed by atoms with Gasteiger partial charge in [-0.3, -0.25) is 14.8 Å². The monoisotopic (exact) mass is 394 g/mol. The minimum absolute atomic E-state index is 0.182. The first-order chi connectivity index (χ1) is 13.5. The summed E-state index contributed by atoms with van der Waals surface area (Å²) in [7, 11) is 4.25. The van der Waals surface area contributed by atoms with Crippen LogP contribution in [0.4, 0.5) is 0 Å². The molecule has 0 aliphatic heterocycles. The van der Waals surface area contributed by atoms with Gasteiger partial charge in [0.05, 0.1) is 15.6 Å². The highest BCUT2D eigenvalue weighted by Gasteiger charge is 2.27. The molecule has 0 unspecified atom stereocenters. The largest absolute Gasteiger partial charge is 0.306 e. The Morgan fingerprint density at radius 3 is 2.46 bits per heavy atom. The van der Waals surface area contributed by atoms with E-state index in [9.17, 15) is 4.79 Å². The lowest BCUT2D eigenvalue weighted by atomic mass is 9.82. The quantitative estimate of drug-likeness (QED) is 0.646. The molecule has 1 fully saturated rings. The van der Waals surface area contributed by atoms with E-state index in [1.807, 2.05) is 31.6 Å². The average molecular weight is 395 g/mol. The summed E-state index contributed by atoms with van der Waals surface area (Å²) in [6.45, 7) is 1.99. The molecule has 0 amide bonds. The van der Waals surface area contributed by atoms with Gasteiger partial charge in [0.25, 0.3) is 0 Å². The summed E-state index contributed by atoms with van der Waals surface area (Å²) in [4.78, 5) is 29.5. The summed E-state index contributed by atoms with van der Waals surface area (Å²) in [5, 5.41) is 3.10. The standard InChI is InChI=1S/C22H26N4OS/c1-14-23-13-22(28-14)20-9-16-8-18(24-11-17(16)12-25-20)10-21(27)15-4-6-19(7-5-15)26(2)3/h8-9,11-13,15,19H,4-7,10H2,1-3H3. The molecule has 3 heterocycles. The van der Waals surface area contributed by atoms with E-state index in [1.54, 1.807) is 11.3 Å². The van der Waals surface area contributed by atoms with Crippen LogP contribution >= 0.6 is 11.3 Å². The van der Waals surface area contributed by atoms with E-state index < -0.39 is 0 Å². The molecule has 0 atom stereocenters. The summed E-state index contributed by atoms with van der Waals surface area (Å²) in [5.74, 6) is 0.512. The van der Waals surface area contributed by atoms with Crippen LogP contribution < -0.4 is 0 Å². The topological polar surface area (TPSA) is 59.0 Å². The highest BCUT2D eigenvalue weighted by Crippen LogP contribution is 2.29. The van der Waals surface area contributed by atoms with Crippen LogP contribution in [0.2, 0.25) is 0 Å². The van der Waals surface area contributed by atoms with Crippen molar-refractivity contribution in [1.29, 1.82) is 0 Å². The average Bonchev–Trinajstić information content (AvgIpc) is 3.14. The molecule has 0 spiro atoms. The lowest BCUT2D eigenvalue weighted by Gasteiger charge is -2.31. The molecule has 0 aromatic carbocycles. The Hall–Kier alpha value is -2.18. The van der Waals surface area contributed by atoms with Gasteiger partial charge < -0.3 is 4.90 Å². The molecule has 28 heavy (non-hydrogen) atoms. The summed E-state index contributed by atoms with van der Waals surface area (Å²) in [5.41, 5.74) is 1.77. The van der Waals surface area contributed by atoms with Gasteiger partial charge in [-0.25, -0.2) is 4.98 Å². The third-order valence-corrected chi connectivity index (χ3v) is 6.71. The van der Waals surface area contributed by atoms with E-state index in [2.05, 4.69) is 40.0 Å². The maximum atomic E-state index is 12.8. The SMILES string of the molecule is Cc1ncc(-c2cc3cc(CC(=O)C4CCC(N(C)C)CC4)ncc3cn2)s1. The molecule has 5 nitrogen and oxygen atoms in total. The van der Waals surface area contributed by atoms with E-state index in [0.717, 1.165) is 57.7 Å². The van der Waals surface area contributed by atoms with E-state index >= 15 is 0 Å². The van der Waals surface area contributed by atoms with Crippen LogP contribution in [0.25, 0.3) is 21.3 Å². The zero-order chi connectivity index (χ0) is 19.7. The number of carbonyl (C=O) groups excluding carboxylic acids is 1. The Morgan fingerprint density at radius 2 is 1.79 bits per heavy atom. The van der Waals surface area contributed by atoms with Gasteiger partial charge in [0, 0.05) is 48.1 Å². The third kappa shape index (κ3) is 4.13. The number of ketones is 1. The Labute approximate surface area is 169 Å². The number of aryl methyl sites for hydroxylation is 1. The molecule has 0 N–H and O–H groups in total. The second-order valence-electron chi connectivity index (χ2n) is 7.95. The van der Waals surface area contributed by atoms with Crippen molar-refractivity contribution < 1.29 is 4.79 Å². The maximum Gasteiger partial charge on any atom is 0.141 e. The van der Waals surface area contributed by atoms with Gasteiger partial charge in [-0.05, 0) is 64.2 Å². The van der Waals surface area contributed by atoms with Gasteiger partial charge in [0.1, 0.15) is 5.78 Å². The van der Waals surface area contributed by atoms with Crippen molar-refractivity contribution in [3.63, 3.8) is 0 Å². The summed E-state index contributed by atoms with van der Waals surface area (Å²) in [6, 6.07) is 4.72. The van der Waals surface area contributed by atoms with Crippen LogP contribution in [-0.2, 0) is 11.2 Å². The van der Waals surface area contributed by atoms with E-state index in [4.69, 9.17) is 0 Å². The molecular weight excluding hydrogens is 368 g/mol. The Morgan fingerprint density at radius 1 is 1.04 bits per heavy atom. The van der Waals surface area contributed by atoms with Crippen LogP contribution in [0.3, 0.4) is 0 Å². The van der Waals surface area contributed by atoms with Crippen molar-refractivity contribution in [2.45, 2.75) is 45.1 Å². The second kappa shape index (κ2) is 8.05. The fraction of sp³-hybridized carbons (Fsp3) is 0.455. The molecule has 0 bridgehead atoms. The van der Waals surface area contributed by atoms with Crippen LogP contribution in [0.5, 0.6) is 0 Å². The molecule has 3 aromatic heterocycles. The molecule has 1 saturated carbocycles. The first-order valence-corrected chi connectivity index (χ1v) is 10.7. The molecular formula is C22H26N4OS. The number of nitrogens with zero attached hydrogens (tertiary/aromatic N) is 4. The van der Waals surface area contributed by atoms with E-state index in [1.165, 1.54) is 0 Å². The molecule has 0 saturated heterocycles. The summed E-state index contributed by atoms with van der Waals surface area (Å²) >= 11 is 1.64. The van der Waals surface area contributed by atoms with Gasteiger partial charge in [0.15, 0.2) is 0 Å². The second-order valence-corrected chi connectivity index (χ2v) is 9.18. The molecule has 6 heteroatoms. The molecule has 4 rings (SSSR count). The van der Waals surface area contributed by atoms with Crippen LogP contribution in [0.1, 0.15) is 36.4 Å². The minimum atomic E-state index is 0.182. The number of thiazole rings is 1. The smallest absolute Gasteiger partial charge is 0.141 e. The van der Waals surface area contributed by atoms with Crippen molar-refractivity contribution in [3.8, 4) is 10.6 Å². The van der Waals surface area contributed by atoms with Gasteiger partial charge in [-0.2, -0.15) is 0 Å². The molecule has 1 aliphatic rings. The van der Waals surface area contributed by atoms with Crippen LogP contribution in [0, 0.1) is 12.8 Å². The zero-order valence-corrected chi connectivity index (χ0v) is 17.5. The Balaban J connectivity index is 1.49. The lowest BCUT2D eigenvalue weighted by Crippen LogP contribution is -2.34. The number of hydrogen-bond donors (Lipinski definition) is 0. The van der Waals surface area contributed by atoms with Crippen molar-refractivity contribution in [2.75, 3.05) is 14.1 Å². The molecule has 3 aromatic rings. The van der Waals surface area contributed by atoms with Crippen molar-refractivity contribution in [3.05, 3.63) is 41.4 Å². The van der Waals surface area contributed by atoms with Crippen molar-refractivity contribution >= 4 is 27.9 Å². The Bertz CT molecular complexity index is 989. The highest BCUT2D eigenvalue weighted by atomic mass is 32.1. The first-order valence-electron chi connectivity index (χ1n) is 9.86. The third-order valence-electron chi connectivity index (χ3n) is 5.77. The Kier molecular flexibility index (Phi) is 5.51. The summed E-state index contributed by atoms with van der Waals surface area (Å²) < 4.78 is 0. The number of fused-ring (bicyclic) bond motifs is 1. The van der Waals surface area contributed by atoms with Gasteiger partial charge in [-0.15, -0.1) is 11.3 Å². The zero-order valence-electron chi connectivity index (χ0n) is 16.7. The number of Topliss-reactive ketones (excluding diaryl/α,β-unsaturated/α-hetero) is 1. The van der Waals surface area contributed by atoms with Crippen LogP contribution in [0.15, 0.2) is 30.7 Å². The maximum absolute atomic E-state index is 12.8. The number of aromatic nitrogens is 3. The van der Waals surface area contributed by atoms with Gasteiger partial charge in [-0.1, -0.05) is 0 Å². The summed E-state index contributed by atoms with van der Waals surface area (Å²) in [6.07, 6.45) is 10.2. The fourth-order valence-electron chi connectivity index (χ4n) is 4.03. The van der Waals surface area contributed by atoms with Gasteiger partial charge in [0.2, 0.25) is 0 Å². The fourth-order valence-corrected chi connectivity index (χ4v) is 4.78. The predicted molar refractivity (Wildman–Crippen MR) is 114 cm³/mol. The minimum Gasteiger partial charge on any atom is -0.306 e. The van der Waals surface area contributed by atoms with Crippen molar-refractivity contribution in [1.82, 2.24) is 19.9 Å². The molecule has 0 radical (unpaired) electrons. The normalized spacial score (nSPS) is 20.0. The van der Waals surface area contributed by atoms with Crippen molar-refractivity contribution in [2.24, 2.45) is 5.92 Å². The predicted octanol–water partition coefficient (Wildman–Crippen LogP) is 4.29. The lowest BCUT2D eigenvalue weighted by molar-refractivity contribution is -0.123.